The van der Waals surface area contributed by atoms with Crippen molar-refractivity contribution in [3.05, 3.63) is 59.2 Å². The van der Waals surface area contributed by atoms with Crippen LogP contribution >= 0.6 is 0 Å². The maximum atomic E-state index is 13.5. The van der Waals surface area contributed by atoms with Crippen LogP contribution in [-0.4, -0.2) is 52.9 Å². The van der Waals surface area contributed by atoms with Gasteiger partial charge in [-0.3, -0.25) is 9.59 Å². The van der Waals surface area contributed by atoms with Crippen molar-refractivity contribution in [3.63, 3.8) is 0 Å². The Kier molecular flexibility index (Phi) is 1.95. The first-order valence-corrected chi connectivity index (χ1v) is 8.95. The standard InChI is InChI=1S/C22H19N3O4/c1-24-10-19(26)25-16(22(24)27)9-14-13-4-2-3-5-15(13)23-20(14)21(25)12-6-7-17-18(8-12)29-11-28-17/h2-8,16,21,23H,9-11H2,1H3/t16-,21?/m1/s1/i1D3,2D,3D,4D,5D,11D2. The molecule has 0 aliphatic carbocycles. The molecule has 3 aromatic rings. The SMILES string of the molecule is [2H]c1c([2H])c([2H])c2c3c([nH]c2c1[2H])C(c1ccc2c(c1)OC([2H])([2H])O2)N1C(=O)CN(C([2H])([2H])[2H])C(=O)[C@H]1C3. The van der Waals surface area contributed by atoms with Crippen molar-refractivity contribution in [2.24, 2.45) is 0 Å². The average Bonchev–Trinajstić information content (AvgIpc) is 3.37. The van der Waals surface area contributed by atoms with E-state index in [1.165, 1.54) is 17.0 Å². The molecule has 3 aliphatic heterocycles. The molecular formula is C22H19N3O4. The zero-order valence-corrected chi connectivity index (χ0v) is 14.8. The number of amides is 2. The number of piperazine rings is 1. The van der Waals surface area contributed by atoms with Gasteiger partial charge in [0.05, 0.1) is 18.1 Å². The maximum absolute atomic E-state index is 13.5. The lowest BCUT2D eigenvalue weighted by molar-refractivity contribution is -0.157. The fraction of sp³-hybridized carbons (Fsp3) is 0.273. The number of para-hydroxylation sites is 1. The van der Waals surface area contributed by atoms with Crippen molar-refractivity contribution >= 4 is 22.7 Å². The van der Waals surface area contributed by atoms with Gasteiger partial charge >= 0.3 is 0 Å². The highest BCUT2D eigenvalue weighted by molar-refractivity contribution is 5.97. The van der Waals surface area contributed by atoms with Crippen LogP contribution in [0.1, 0.15) is 35.2 Å². The molecule has 1 saturated heterocycles. The topological polar surface area (TPSA) is 74.9 Å². The van der Waals surface area contributed by atoms with Gasteiger partial charge in [-0.2, -0.15) is 0 Å². The summed E-state index contributed by atoms with van der Waals surface area (Å²) >= 11 is 0. The van der Waals surface area contributed by atoms with Crippen molar-refractivity contribution in [2.75, 3.05) is 20.3 Å². The number of hydrogen-bond acceptors (Lipinski definition) is 4. The molecule has 0 radical (unpaired) electrons. The van der Waals surface area contributed by atoms with Crippen LogP contribution < -0.4 is 9.47 Å². The first kappa shape index (κ1) is 9.82. The van der Waals surface area contributed by atoms with E-state index < -0.39 is 56.2 Å². The second-order valence-corrected chi connectivity index (χ2v) is 7.11. The third-order valence-corrected chi connectivity index (χ3v) is 5.58. The number of fused-ring (bicyclic) bond motifs is 5. The van der Waals surface area contributed by atoms with Crippen LogP contribution in [0.15, 0.2) is 42.4 Å². The third kappa shape index (κ3) is 2.24. The van der Waals surface area contributed by atoms with E-state index in [0.717, 1.165) is 0 Å². The molecule has 0 bridgehead atoms. The van der Waals surface area contributed by atoms with Gasteiger partial charge in [-0.05, 0) is 29.3 Å². The zero-order chi connectivity index (χ0) is 27.5. The summed E-state index contributed by atoms with van der Waals surface area (Å²) in [4.78, 5) is 31.7. The van der Waals surface area contributed by atoms with E-state index >= 15 is 0 Å². The quantitative estimate of drug-likeness (QED) is 0.682. The number of hydrogen-bond donors (Lipinski definition) is 1. The van der Waals surface area contributed by atoms with Crippen molar-refractivity contribution < 1.29 is 31.4 Å². The van der Waals surface area contributed by atoms with Gasteiger partial charge in [0.1, 0.15) is 8.78 Å². The van der Waals surface area contributed by atoms with E-state index in [0.29, 0.717) is 21.7 Å². The maximum Gasteiger partial charge on any atom is 0.245 e. The lowest BCUT2D eigenvalue weighted by Gasteiger charge is -2.46. The summed E-state index contributed by atoms with van der Waals surface area (Å²) in [5.41, 5.74) is 1.17. The minimum atomic E-state index is -2.86. The van der Waals surface area contributed by atoms with Crippen LogP contribution in [-0.2, 0) is 16.0 Å². The van der Waals surface area contributed by atoms with Gasteiger partial charge in [-0.15, -0.1) is 0 Å². The summed E-state index contributed by atoms with van der Waals surface area (Å²) in [7, 11) is 0. The summed E-state index contributed by atoms with van der Waals surface area (Å²) in [6, 6.07) is 0.574. The summed E-state index contributed by atoms with van der Waals surface area (Å²) in [5.74, 6) is -1.28. The molecule has 6 rings (SSSR count). The van der Waals surface area contributed by atoms with Crippen molar-refractivity contribution in [3.8, 4) is 11.5 Å². The normalized spacial score (nSPS) is 29.4. The highest BCUT2D eigenvalue weighted by Gasteiger charge is 2.47. The number of likely N-dealkylation sites (N-methyl/N-ethyl adjacent to an activating group) is 1. The molecule has 0 saturated carbocycles. The van der Waals surface area contributed by atoms with E-state index in [1.54, 1.807) is 6.07 Å². The smallest absolute Gasteiger partial charge is 0.245 e. The Bertz CT molecular complexity index is 1570. The molecule has 0 spiro atoms. The molecule has 2 amide bonds. The van der Waals surface area contributed by atoms with Crippen LogP contribution in [0, 0.1) is 0 Å². The number of carbonyl (C=O) groups excluding carboxylic acids is 2. The Labute approximate surface area is 179 Å². The van der Waals surface area contributed by atoms with E-state index in [-0.39, 0.29) is 40.9 Å². The number of ether oxygens (including phenoxy) is 2. The van der Waals surface area contributed by atoms with Crippen molar-refractivity contribution in [1.82, 2.24) is 14.8 Å². The second kappa shape index (κ2) is 5.76. The molecule has 7 heteroatoms. The van der Waals surface area contributed by atoms with Gasteiger partial charge in [0.2, 0.25) is 18.6 Å². The third-order valence-electron chi connectivity index (χ3n) is 5.58. The number of nitrogens with zero attached hydrogens (tertiary/aromatic N) is 2. The second-order valence-electron chi connectivity index (χ2n) is 7.11. The van der Waals surface area contributed by atoms with Gasteiger partial charge in [0.15, 0.2) is 11.5 Å². The number of H-pyrrole nitrogens is 1. The predicted octanol–water partition coefficient (Wildman–Crippen LogP) is 2.21. The summed E-state index contributed by atoms with van der Waals surface area (Å²) in [6.07, 6.45) is -0.168. The first-order chi connectivity index (χ1) is 17.7. The molecule has 7 nitrogen and oxygen atoms in total. The summed E-state index contributed by atoms with van der Waals surface area (Å²) in [6.45, 7) is -5.95. The fourth-order valence-corrected chi connectivity index (χ4v) is 4.33. The molecule has 1 fully saturated rings. The predicted molar refractivity (Wildman–Crippen MR) is 105 cm³/mol. The molecule has 4 heterocycles. The molecule has 146 valence electrons. The van der Waals surface area contributed by atoms with Crippen LogP contribution in [0.5, 0.6) is 11.5 Å². The van der Waals surface area contributed by atoms with E-state index in [9.17, 15) is 9.59 Å². The first-order valence-electron chi connectivity index (χ1n) is 13.4. The zero-order valence-electron chi connectivity index (χ0n) is 23.8. The van der Waals surface area contributed by atoms with Crippen LogP contribution in [0.4, 0.5) is 0 Å². The van der Waals surface area contributed by atoms with Crippen molar-refractivity contribution in [1.29, 1.82) is 0 Å². The molecule has 1 N–H and O–H groups in total. The Balaban J connectivity index is 1.61. The highest BCUT2D eigenvalue weighted by atomic mass is 16.7. The van der Waals surface area contributed by atoms with E-state index in [1.807, 2.05) is 0 Å². The van der Waals surface area contributed by atoms with Gasteiger partial charge in [0, 0.05) is 34.1 Å². The number of benzene rings is 2. The number of aromatic nitrogens is 1. The molecule has 3 aliphatic rings. The van der Waals surface area contributed by atoms with Gasteiger partial charge in [-0.1, -0.05) is 24.2 Å². The van der Waals surface area contributed by atoms with Crippen LogP contribution in [0.3, 0.4) is 0 Å². The van der Waals surface area contributed by atoms with Gasteiger partial charge in [-0.25, -0.2) is 0 Å². The van der Waals surface area contributed by atoms with Crippen LogP contribution in [0.2, 0.25) is 0 Å². The lowest BCUT2D eigenvalue weighted by atomic mass is 9.86. The minimum Gasteiger partial charge on any atom is -0.454 e. The molecule has 1 aromatic heterocycles. The Morgan fingerprint density at radius 2 is 2.10 bits per heavy atom. The van der Waals surface area contributed by atoms with Crippen molar-refractivity contribution in [2.45, 2.75) is 18.5 Å². The Morgan fingerprint density at radius 3 is 3.00 bits per heavy atom. The van der Waals surface area contributed by atoms with E-state index in [2.05, 4.69) is 4.98 Å². The number of aromatic amines is 1. The van der Waals surface area contributed by atoms with E-state index in [4.69, 9.17) is 21.8 Å². The molecule has 2 atom stereocenters. The molecule has 2 aromatic carbocycles. The minimum absolute atomic E-state index is 0.0523. The average molecular weight is 398 g/mol. The molecule has 1 unspecified atom stereocenters. The molecule has 29 heavy (non-hydrogen) atoms. The summed E-state index contributed by atoms with van der Waals surface area (Å²) in [5, 5.41) is 0.152. The number of nitrogens with one attached hydrogen (secondary N) is 1. The Morgan fingerprint density at radius 1 is 1.24 bits per heavy atom. The lowest BCUT2D eigenvalue weighted by Crippen LogP contribution is -2.62. The van der Waals surface area contributed by atoms with Gasteiger partial charge < -0.3 is 24.3 Å². The number of carbonyl (C=O) groups is 2. The monoisotopic (exact) mass is 398 g/mol. The fourth-order valence-electron chi connectivity index (χ4n) is 4.33. The number of rotatable bonds is 1. The van der Waals surface area contributed by atoms with Gasteiger partial charge in [0.25, 0.3) is 0 Å². The van der Waals surface area contributed by atoms with Crippen LogP contribution in [0.25, 0.3) is 10.9 Å². The largest absolute Gasteiger partial charge is 0.454 e. The molecular weight excluding hydrogens is 370 g/mol. The highest BCUT2D eigenvalue weighted by Crippen LogP contribution is 2.44. The summed E-state index contributed by atoms with van der Waals surface area (Å²) < 4.78 is 82.1. The Hall–Kier alpha value is -3.48.